The van der Waals surface area contributed by atoms with Gasteiger partial charge in [0.15, 0.2) is 4.34 Å². The number of amides is 1. The van der Waals surface area contributed by atoms with Crippen molar-refractivity contribution in [3.05, 3.63) is 52.7 Å². The van der Waals surface area contributed by atoms with Crippen LogP contribution in [-0.2, 0) is 9.53 Å². The second-order valence-electron chi connectivity index (χ2n) is 5.09. The number of esters is 1. The molecule has 2 aromatic heterocycles. The van der Waals surface area contributed by atoms with Crippen LogP contribution in [0.15, 0.2) is 51.5 Å². The number of hydrogen-bond acceptors (Lipinski definition) is 7. The highest BCUT2D eigenvalue weighted by Crippen LogP contribution is 2.29. The van der Waals surface area contributed by atoms with Crippen molar-refractivity contribution in [2.75, 3.05) is 17.7 Å². The largest absolute Gasteiger partial charge is 0.462 e. The number of aromatic nitrogens is 1. The molecule has 0 aliphatic rings. The van der Waals surface area contributed by atoms with Gasteiger partial charge in [0.25, 0.3) is 0 Å². The predicted molar refractivity (Wildman–Crippen MR) is 107 cm³/mol. The first-order chi connectivity index (χ1) is 12.7. The molecule has 3 aromatic rings. The molecule has 1 N–H and O–H groups in total. The maximum Gasteiger partial charge on any atom is 0.341 e. The Balaban J connectivity index is 1.56. The lowest BCUT2D eigenvalue weighted by atomic mass is 10.2. The lowest BCUT2D eigenvalue weighted by Gasteiger charge is -2.05. The summed E-state index contributed by atoms with van der Waals surface area (Å²) in [5.74, 6) is -0.384. The van der Waals surface area contributed by atoms with Gasteiger partial charge in [-0.15, -0.1) is 22.7 Å². The number of hydrogen-bond donors (Lipinski definition) is 1. The van der Waals surface area contributed by atoms with E-state index in [1.165, 1.54) is 34.4 Å². The molecule has 1 amide bonds. The summed E-state index contributed by atoms with van der Waals surface area (Å²) in [6.45, 7) is 2.04. The second kappa shape index (κ2) is 8.98. The number of rotatable bonds is 7. The number of thiazole rings is 1. The normalized spacial score (nSPS) is 10.5. The molecule has 0 unspecified atom stereocenters. The highest BCUT2D eigenvalue weighted by molar-refractivity contribution is 8.01. The molecule has 134 valence electrons. The number of thioether (sulfide) groups is 1. The van der Waals surface area contributed by atoms with E-state index in [1.807, 2.05) is 35.7 Å². The van der Waals surface area contributed by atoms with Crippen molar-refractivity contribution in [3.63, 3.8) is 0 Å². The van der Waals surface area contributed by atoms with E-state index in [2.05, 4.69) is 10.3 Å². The zero-order valence-corrected chi connectivity index (χ0v) is 16.4. The van der Waals surface area contributed by atoms with Gasteiger partial charge in [0.1, 0.15) is 5.00 Å². The molecule has 0 spiro atoms. The van der Waals surface area contributed by atoms with Crippen molar-refractivity contribution < 1.29 is 14.3 Å². The Kier molecular flexibility index (Phi) is 6.43. The minimum Gasteiger partial charge on any atom is -0.462 e. The van der Waals surface area contributed by atoms with Crippen LogP contribution < -0.4 is 5.32 Å². The second-order valence-corrected chi connectivity index (χ2v) is 8.08. The van der Waals surface area contributed by atoms with Crippen LogP contribution in [0.2, 0.25) is 0 Å². The van der Waals surface area contributed by atoms with Crippen LogP contribution in [-0.4, -0.2) is 29.2 Å². The standard InChI is InChI=1S/C18H16N2O3S3/c1-2-23-17(22)13-8-9-24-16(13)20-15(21)11-26-18-19-14(10-25-18)12-6-4-3-5-7-12/h3-10H,2,11H2,1H3,(H,20,21). The summed E-state index contributed by atoms with van der Waals surface area (Å²) in [6, 6.07) is 11.6. The summed E-state index contributed by atoms with van der Waals surface area (Å²) in [6.07, 6.45) is 0. The SMILES string of the molecule is CCOC(=O)c1ccsc1NC(=O)CSc1nc(-c2ccccc2)cs1. The van der Waals surface area contributed by atoms with Crippen LogP contribution in [0.5, 0.6) is 0 Å². The lowest BCUT2D eigenvalue weighted by Crippen LogP contribution is -2.15. The number of nitrogens with zero attached hydrogens (tertiary/aromatic N) is 1. The smallest absolute Gasteiger partial charge is 0.341 e. The van der Waals surface area contributed by atoms with Gasteiger partial charge in [-0.3, -0.25) is 4.79 Å². The Labute approximate surface area is 163 Å². The van der Waals surface area contributed by atoms with Gasteiger partial charge in [-0.1, -0.05) is 42.1 Å². The highest BCUT2D eigenvalue weighted by atomic mass is 32.2. The summed E-state index contributed by atoms with van der Waals surface area (Å²) in [7, 11) is 0. The van der Waals surface area contributed by atoms with Crippen molar-refractivity contribution in [1.82, 2.24) is 4.98 Å². The van der Waals surface area contributed by atoms with Gasteiger partial charge in [0, 0.05) is 10.9 Å². The fraction of sp³-hybridized carbons (Fsp3) is 0.167. The Bertz CT molecular complexity index is 890. The third-order valence-electron chi connectivity index (χ3n) is 3.29. The number of benzene rings is 1. The topological polar surface area (TPSA) is 68.3 Å². The Morgan fingerprint density at radius 1 is 1.19 bits per heavy atom. The van der Waals surface area contributed by atoms with E-state index in [0.29, 0.717) is 17.2 Å². The first kappa shape index (κ1) is 18.6. The van der Waals surface area contributed by atoms with Crippen molar-refractivity contribution in [1.29, 1.82) is 0 Å². The quantitative estimate of drug-likeness (QED) is 0.453. The molecule has 0 saturated heterocycles. The molecule has 8 heteroatoms. The predicted octanol–water partition coefficient (Wildman–Crippen LogP) is 4.78. The van der Waals surface area contributed by atoms with Gasteiger partial charge in [-0.25, -0.2) is 9.78 Å². The van der Waals surface area contributed by atoms with Crippen molar-refractivity contribution in [2.24, 2.45) is 0 Å². The Morgan fingerprint density at radius 3 is 2.77 bits per heavy atom. The Morgan fingerprint density at radius 2 is 2.00 bits per heavy atom. The molecule has 3 rings (SSSR count). The van der Waals surface area contributed by atoms with Crippen molar-refractivity contribution in [3.8, 4) is 11.3 Å². The summed E-state index contributed by atoms with van der Waals surface area (Å²) in [5.41, 5.74) is 2.34. The maximum absolute atomic E-state index is 12.2. The van der Waals surface area contributed by atoms with Crippen LogP contribution in [0.4, 0.5) is 5.00 Å². The molecule has 0 aliphatic carbocycles. The van der Waals surface area contributed by atoms with Gasteiger partial charge >= 0.3 is 5.97 Å². The van der Waals surface area contributed by atoms with E-state index in [1.54, 1.807) is 18.4 Å². The Hall–Kier alpha value is -2.16. The molecule has 0 aliphatic heterocycles. The van der Waals surface area contributed by atoms with Gasteiger partial charge < -0.3 is 10.1 Å². The van der Waals surface area contributed by atoms with Gasteiger partial charge in [-0.2, -0.15) is 0 Å². The molecule has 0 fully saturated rings. The van der Waals surface area contributed by atoms with Crippen LogP contribution in [0, 0.1) is 0 Å². The molecule has 1 aromatic carbocycles. The van der Waals surface area contributed by atoms with E-state index in [9.17, 15) is 9.59 Å². The fourth-order valence-electron chi connectivity index (χ4n) is 2.13. The van der Waals surface area contributed by atoms with E-state index >= 15 is 0 Å². The monoisotopic (exact) mass is 404 g/mol. The number of thiophene rings is 1. The summed E-state index contributed by atoms with van der Waals surface area (Å²) < 4.78 is 5.81. The summed E-state index contributed by atoms with van der Waals surface area (Å²) in [5, 5.41) is 7.02. The number of ether oxygens (including phenoxy) is 1. The molecule has 0 radical (unpaired) electrons. The molecule has 26 heavy (non-hydrogen) atoms. The lowest BCUT2D eigenvalue weighted by molar-refractivity contribution is -0.113. The van der Waals surface area contributed by atoms with Crippen LogP contribution in [0.1, 0.15) is 17.3 Å². The van der Waals surface area contributed by atoms with E-state index in [-0.39, 0.29) is 11.7 Å². The minimum absolute atomic E-state index is 0.181. The summed E-state index contributed by atoms with van der Waals surface area (Å²) >= 11 is 4.18. The van der Waals surface area contributed by atoms with Gasteiger partial charge in [-0.05, 0) is 18.4 Å². The number of nitrogens with one attached hydrogen (secondary N) is 1. The molecule has 2 heterocycles. The molecule has 5 nitrogen and oxygen atoms in total. The highest BCUT2D eigenvalue weighted by Gasteiger charge is 2.16. The average molecular weight is 405 g/mol. The van der Waals surface area contributed by atoms with E-state index < -0.39 is 5.97 Å². The average Bonchev–Trinajstić information content (AvgIpc) is 3.30. The first-order valence-corrected chi connectivity index (χ1v) is 10.6. The van der Waals surface area contributed by atoms with Crippen molar-refractivity contribution in [2.45, 2.75) is 11.3 Å². The zero-order chi connectivity index (χ0) is 18.4. The van der Waals surface area contributed by atoms with E-state index in [4.69, 9.17) is 4.74 Å². The molecule has 0 saturated carbocycles. The van der Waals surface area contributed by atoms with Crippen LogP contribution >= 0.6 is 34.4 Å². The van der Waals surface area contributed by atoms with Gasteiger partial charge in [0.05, 0.1) is 23.6 Å². The van der Waals surface area contributed by atoms with Crippen LogP contribution in [0.3, 0.4) is 0 Å². The number of anilines is 1. The zero-order valence-electron chi connectivity index (χ0n) is 13.9. The van der Waals surface area contributed by atoms with Crippen molar-refractivity contribution >= 4 is 51.3 Å². The first-order valence-electron chi connectivity index (χ1n) is 7.85. The maximum atomic E-state index is 12.2. The van der Waals surface area contributed by atoms with Crippen LogP contribution in [0.25, 0.3) is 11.3 Å². The molecular weight excluding hydrogens is 388 g/mol. The molecule has 0 atom stereocenters. The minimum atomic E-state index is -0.427. The third-order valence-corrected chi connectivity index (χ3v) is 6.14. The van der Waals surface area contributed by atoms with E-state index in [0.717, 1.165) is 15.6 Å². The number of carbonyl (C=O) groups excluding carboxylic acids is 2. The molecule has 0 bridgehead atoms. The van der Waals surface area contributed by atoms with Gasteiger partial charge in [0.2, 0.25) is 5.91 Å². The number of carbonyl (C=O) groups is 2. The summed E-state index contributed by atoms with van der Waals surface area (Å²) in [4.78, 5) is 28.6. The fourth-order valence-corrected chi connectivity index (χ4v) is 4.56. The third kappa shape index (κ3) is 4.72. The molecular formula is C18H16N2O3S3.